The summed E-state index contributed by atoms with van der Waals surface area (Å²) in [6, 6.07) is 4.96. The first kappa shape index (κ1) is 12.5. The lowest BCUT2D eigenvalue weighted by molar-refractivity contribution is 0.181. The molecule has 0 fully saturated rings. The molecule has 90 valence electrons. The Morgan fingerprint density at radius 3 is 2.65 bits per heavy atom. The van der Waals surface area contributed by atoms with Crippen LogP contribution < -0.4 is 0 Å². The Labute approximate surface area is 106 Å². The van der Waals surface area contributed by atoms with Crippen molar-refractivity contribution in [2.75, 3.05) is 0 Å². The summed E-state index contributed by atoms with van der Waals surface area (Å²) in [6.07, 6.45) is -0.726. The fraction of sp³-hybridized carbons (Fsp3) is 0.167. The molecule has 1 nitrogen and oxygen atoms in total. The summed E-state index contributed by atoms with van der Waals surface area (Å²) in [7, 11) is 0. The molecule has 0 bridgehead atoms. The molecule has 1 aromatic carbocycles. The molecule has 0 aliphatic rings. The molecule has 0 spiro atoms. The fourth-order valence-electron chi connectivity index (χ4n) is 1.50. The lowest BCUT2D eigenvalue weighted by Crippen LogP contribution is -2.02. The lowest BCUT2D eigenvalue weighted by atomic mass is 10.1. The zero-order valence-corrected chi connectivity index (χ0v) is 10.2. The van der Waals surface area contributed by atoms with Crippen molar-refractivity contribution in [1.29, 1.82) is 0 Å². The minimum absolute atomic E-state index is 0.100. The topological polar surface area (TPSA) is 20.2 Å². The highest BCUT2D eigenvalue weighted by Gasteiger charge is 2.14. The van der Waals surface area contributed by atoms with E-state index in [9.17, 15) is 13.9 Å². The first-order chi connectivity index (χ1) is 8.06. The second kappa shape index (κ2) is 5.12. The third-order valence-electron chi connectivity index (χ3n) is 2.34. The average molecular weight is 275 g/mol. The van der Waals surface area contributed by atoms with Crippen LogP contribution in [0.4, 0.5) is 8.78 Å². The van der Waals surface area contributed by atoms with Gasteiger partial charge in [-0.3, -0.25) is 0 Å². The van der Waals surface area contributed by atoms with Crippen LogP contribution in [-0.4, -0.2) is 5.11 Å². The number of benzene rings is 1. The van der Waals surface area contributed by atoms with E-state index in [4.69, 9.17) is 11.6 Å². The molecule has 0 aliphatic carbocycles. The van der Waals surface area contributed by atoms with Crippen LogP contribution in [0.25, 0.3) is 0 Å². The molecule has 1 unspecified atom stereocenters. The Kier molecular flexibility index (Phi) is 3.76. The van der Waals surface area contributed by atoms with Gasteiger partial charge in [0.25, 0.3) is 0 Å². The van der Waals surface area contributed by atoms with Crippen LogP contribution in [0.1, 0.15) is 16.5 Å². The summed E-state index contributed by atoms with van der Waals surface area (Å²) >= 11 is 7.04. The van der Waals surface area contributed by atoms with E-state index in [-0.39, 0.29) is 12.0 Å². The van der Waals surface area contributed by atoms with E-state index >= 15 is 0 Å². The predicted octanol–water partition coefficient (Wildman–Crippen LogP) is 3.96. The Hall–Kier alpha value is -0.970. The van der Waals surface area contributed by atoms with E-state index in [0.29, 0.717) is 9.90 Å². The highest BCUT2D eigenvalue weighted by atomic mass is 35.5. The molecule has 0 saturated heterocycles. The van der Waals surface area contributed by atoms with Gasteiger partial charge in [-0.15, -0.1) is 11.3 Å². The molecule has 2 rings (SSSR count). The van der Waals surface area contributed by atoms with Gasteiger partial charge >= 0.3 is 0 Å². The van der Waals surface area contributed by atoms with Crippen LogP contribution in [-0.2, 0) is 6.42 Å². The maximum Gasteiger partial charge on any atom is 0.129 e. The van der Waals surface area contributed by atoms with Gasteiger partial charge in [0.2, 0.25) is 0 Å². The van der Waals surface area contributed by atoms with E-state index in [2.05, 4.69) is 0 Å². The number of hydrogen-bond donors (Lipinski definition) is 1. The van der Waals surface area contributed by atoms with Gasteiger partial charge in [-0.1, -0.05) is 17.7 Å². The van der Waals surface area contributed by atoms with E-state index in [1.807, 2.05) is 0 Å². The van der Waals surface area contributed by atoms with Crippen molar-refractivity contribution >= 4 is 22.9 Å². The van der Waals surface area contributed by atoms with Gasteiger partial charge in [0.05, 0.1) is 11.1 Å². The molecular weight excluding hydrogens is 266 g/mol. The van der Waals surface area contributed by atoms with Gasteiger partial charge in [-0.25, -0.2) is 8.78 Å². The molecular formula is C12H9ClF2OS. The predicted molar refractivity (Wildman–Crippen MR) is 64.4 cm³/mol. The summed E-state index contributed by atoms with van der Waals surface area (Å²) in [5.41, 5.74) is 0.281. The van der Waals surface area contributed by atoms with Crippen molar-refractivity contribution in [2.45, 2.75) is 12.5 Å². The maximum atomic E-state index is 13.4. The Balaban J connectivity index is 2.15. The molecule has 0 saturated carbocycles. The summed E-state index contributed by atoms with van der Waals surface area (Å²) in [5, 5.41) is 12.1. The standard InChI is InChI=1S/C12H9ClF2OS/c13-8-4-12(17-6-8)11(16)3-7-1-2-9(14)5-10(7)15/h1-2,4-6,11,16H,3H2. The van der Waals surface area contributed by atoms with Gasteiger partial charge in [0, 0.05) is 22.7 Å². The van der Waals surface area contributed by atoms with Gasteiger partial charge in [0.15, 0.2) is 0 Å². The van der Waals surface area contributed by atoms with Crippen molar-refractivity contribution in [3.63, 3.8) is 0 Å². The third-order valence-corrected chi connectivity index (χ3v) is 3.73. The van der Waals surface area contributed by atoms with Crippen molar-refractivity contribution in [2.24, 2.45) is 0 Å². The fourth-order valence-corrected chi connectivity index (χ4v) is 2.57. The van der Waals surface area contributed by atoms with Gasteiger partial charge in [0.1, 0.15) is 11.6 Å². The van der Waals surface area contributed by atoms with E-state index in [0.717, 1.165) is 6.07 Å². The third kappa shape index (κ3) is 3.03. The summed E-state index contributed by atoms with van der Waals surface area (Å²) in [6.45, 7) is 0. The molecule has 1 atom stereocenters. The number of aliphatic hydroxyl groups excluding tert-OH is 1. The van der Waals surface area contributed by atoms with Crippen molar-refractivity contribution in [3.05, 3.63) is 56.7 Å². The lowest BCUT2D eigenvalue weighted by Gasteiger charge is -2.09. The van der Waals surface area contributed by atoms with Crippen LogP contribution in [0.5, 0.6) is 0 Å². The molecule has 0 amide bonds. The minimum Gasteiger partial charge on any atom is -0.387 e. The largest absolute Gasteiger partial charge is 0.387 e. The van der Waals surface area contributed by atoms with Crippen LogP contribution >= 0.6 is 22.9 Å². The Morgan fingerprint density at radius 2 is 2.06 bits per heavy atom. The highest BCUT2D eigenvalue weighted by Crippen LogP contribution is 2.28. The molecule has 0 aliphatic heterocycles. The Morgan fingerprint density at radius 1 is 1.29 bits per heavy atom. The molecule has 1 N–H and O–H groups in total. The second-order valence-corrected chi connectivity index (χ2v) is 5.00. The quantitative estimate of drug-likeness (QED) is 0.898. The highest BCUT2D eigenvalue weighted by molar-refractivity contribution is 7.10. The summed E-state index contributed by atoms with van der Waals surface area (Å²) in [4.78, 5) is 0.665. The Bertz CT molecular complexity index is 527. The second-order valence-electron chi connectivity index (χ2n) is 3.62. The number of aliphatic hydroxyl groups is 1. The summed E-state index contributed by atoms with van der Waals surface area (Å²) in [5.74, 6) is -1.27. The SMILES string of the molecule is OC(Cc1ccc(F)cc1F)c1cc(Cl)cs1. The minimum atomic E-state index is -0.826. The first-order valence-corrected chi connectivity index (χ1v) is 6.18. The zero-order valence-electron chi connectivity index (χ0n) is 8.66. The smallest absolute Gasteiger partial charge is 0.129 e. The maximum absolute atomic E-state index is 13.4. The van der Waals surface area contributed by atoms with Crippen molar-refractivity contribution in [3.8, 4) is 0 Å². The first-order valence-electron chi connectivity index (χ1n) is 4.92. The number of thiophene rings is 1. The molecule has 5 heteroatoms. The van der Waals surface area contributed by atoms with E-state index in [1.54, 1.807) is 11.4 Å². The molecule has 1 heterocycles. The van der Waals surface area contributed by atoms with Crippen LogP contribution in [0.2, 0.25) is 5.02 Å². The van der Waals surface area contributed by atoms with Crippen LogP contribution in [0.15, 0.2) is 29.6 Å². The molecule has 2 aromatic rings. The van der Waals surface area contributed by atoms with Crippen molar-refractivity contribution < 1.29 is 13.9 Å². The molecule has 17 heavy (non-hydrogen) atoms. The number of halogens is 3. The zero-order chi connectivity index (χ0) is 12.4. The normalized spacial score (nSPS) is 12.7. The molecule has 0 radical (unpaired) electrons. The van der Waals surface area contributed by atoms with Gasteiger partial charge in [-0.2, -0.15) is 0 Å². The summed E-state index contributed by atoms with van der Waals surface area (Å²) < 4.78 is 26.1. The van der Waals surface area contributed by atoms with Crippen LogP contribution in [0, 0.1) is 11.6 Å². The average Bonchev–Trinajstić information content (AvgIpc) is 2.69. The molecule has 1 aromatic heterocycles. The van der Waals surface area contributed by atoms with Crippen LogP contribution in [0.3, 0.4) is 0 Å². The van der Waals surface area contributed by atoms with Crippen molar-refractivity contribution in [1.82, 2.24) is 0 Å². The number of hydrogen-bond acceptors (Lipinski definition) is 2. The van der Waals surface area contributed by atoms with Gasteiger partial charge in [-0.05, 0) is 17.7 Å². The van der Waals surface area contributed by atoms with Gasteiger partial charge < -0.3 is 5.11 Å². The monoisotopic (exact) mass is 274 g/mol. The van der Waals surface area contributed by atoms with E-state index < -0.39 is 17.7 Å². The van der Waals surface area contributed by atoms with E-state index in [1.165, 1.54) is 23.5 Å². The number of rotatable bonds is 3.